The van der Waals surface area contributed by atoms with Gasteiger partial charge in [0.05, 0.1) is 27.0 Å². The van der Waals surface area contributed by atoms with Crippen LogP contribution in [0, 0.1) is 28.9 Å². The molecule has 8 rings (SSSR count). The van der Waals surface area contributed by atoms with E-state index in [1.807, 2.05) is 13.0 Å². The van der Waals surface area contributed by atoms with Crippen LogP contribution in [0.3, 0.4) is 0 Å². The lowest BCUT2D eigenvalue weighted by Crippen LogP contribution is -2.62. The Hall–Kier alpha value is -4.86. The van der Waals surface area contributed by atoms with Gasteiger partial charge in [0.25, 0.3) is 6.43 Å². The second-order valence-corrected chi connectivity index (χ2v) is 15.8. The molecule has 4 atom stereocenters. The average Bonchev–Trinajstić information content (AvgIpc) is 3.92. The van der Waals surface area contributed by atoms with Crippen LogP contribution in [0.25, 0.3) is 32.1 Å². The van der Waals surface area contributed by atoms with Crippen LogP contribution in [0.15, 0.2) is 24.4 Å². The number of hydrogen-bond acceptors (Lipinski definition) is 11. The van der Waals surface area contributed by atoms with Crippen LogP contribution in [-0.4, -0.2) is 98.4 Å². The molecule has 12 nitrogen and oxygen atoms in total. The van der Waals surface area contributed by atoms with Gasteiger partial charge < -0.3 is 20.3 Å². The highest BCUT2D eigenvalue weighted by molar-refractivity contribution is 7.23. The smallest absolute Gasteiger partial charge is 0.346 e. The van der Waals surface area contributed by atoms with E-state index < -0.39 is 41.5 Å². The van der Waals surface area contributed by atoms with Gasteiger partial charge in [-0.2, -0.15) is 19.9 Å². The molecule has 19 heteroatoms. The number of likely N-dealkylation sites (tertiary alicyclic amines) is 1. The van der Waals surface area contributed by atoms with E-state index in [1.54, 1.807) is 11.9 Å². The van der Waals surface area contributed by atoms with Gasteiger partial charge in [-0.3, -0.25) is 4.90 Å². The van der Waals surface area contributed by atoms with Crippen molar-refractivity contribution in [3.8, 4) is 23.2 Å². The van der Waals surface area contributed by atoms with Gasteiger partial charge in [-0.15, -0.1) is 16.4 Å². The van der Waals surface area contributed by atoms with E-state index in [2.05, 4.69) is 20.2 Å². The van der Waals surface area contributed by atoms with Gasteiger partial charge in [0.2, 0.25) is 0 Å². The number of carbonyl (C=O) groups excluding carboxylic acids is 1. The second-order valence-electron chi connectivity index (χ2n) is 14.3. The summed E-state index contributed by atoms with van der Waals surface area (Å²) < 4.78 is 80.0. The Kier molecular flexibility index (Phi) is 9.45. The minimum absolute atomic E-state index is 0.00270. The molecule has 2 unspecified atom stereocenters. The highest BCUT2D eigenvalue weighted by Gasteiger charge is 2.49. The topological polar surface area (TPSA) is 142 Å². The Morgan fingerprint density at radius 2 is 2.07 bits per heavy atom. The number of nitrogen functional groups attached to an aromatic ring is 1. The van der Waals surface area contributed by atoms with E-state index in [4.69, 9.17) is 27.1 Å². The van der Waals surface area contributed by atoms with Crippen LogP contribution in [-0.2, 0) is 0 Å². The summed E-state index contributed by atoms with van der Waals surface area (Å²) in [4.78, 5) is 27.8. The maximum absolute atomic E-state index is 17.1. The zero-order valence-electron chi connectivity index (χ0n) is 29.6. The molecule has 3 aliphatic heterocycles. The SMILES string of the molecule is CCC1C(CN(C)c2nc(OC[C@@]34CCCN3C[C@H](F)C4)nc3c(F)c(-c4ccc(F)c5sc(N)c(C#N)c45)c(Cl)cc23)CN1C(=O)n1cc(C(F)F)nn1. The number of amides is 1. The molecule has 3 saturated heterocycles. The molecule has 5 aromatic rings. The predicted octanol–water partition coefficient (Wildman–Crippen LogP) is 7.20. The minimum atomic E-state index is -2.87. The molecule has 3 aromatic heterocycles. The third-order valence-corrected chi connectivity index (χ3v) is 12.4. The molecule has 0 aliphatic carbocycles. The number of hydrogen-bond donors (Lipinski definition) is 1. The van der Waals surface area contributed by atoms with Crippen LogP contribution in [0.4, 0.5) is 37.6 Å². The van der Waals surface area contributed by atoms with E-state index in [0.29, 0.717) is 25.9 Å². The predicted molar refractivity (Wildman–Crippen MR) is 196 cm³/mol. The van der Waals surface area contributed by atoms with Crippen LogP contribution in [0.1, 0.15) is 50.3 Å². The minimum Gasteiger partial charge on any atom is -0.461 e. The number of carbonyl (C=O) groups is 1. The average molecular weight is 801 g/mol. The normalized spacial score (nSPS) is 22.4. The summed E-state index contributed by atoms with van der Waals surface area (Å²) in [5, 5.41) is 17.2. The molecular formula is C36H34ClF5N10O2S. The highest BCUT2D eigenvalue weighted by Crippen LogP contribution is 2.46. The van der Waals surface area contributed by atoms with Crippen LogP contribution in [0.5, 0.6) is 6.01 Å². The molecule has 1 amide bonds. The molecule has 2 N–H and O–H groups in total. The lowest BCUT2D eigenvalue weighted by atomic mass is 9.86. The number of nitrogens with zero attached hydrogens (tertiary/aromatic N) is 9. The van der Waals surface area contributed by atoms with E-state index in [9.17, 15) is 27.6 Å². The number of ether oxygens (including phenoxy) is 1. The van der Waals surface area contributed by atoms with Crippen molar-refractivity contribution in [1.82, 2.24) is 34.8 Å². The molecule has 6 heterocycles. The monoisotopic (exact) mass is 800 g/mol. The first kappa shape index (κ1) is 37.1. The first-order chi connectivity index (χ1) is 26.3. The van der Waals surface area contributed by atoms with Gasteiger partial charge in [0.15, 0.2) is 5.82 Å². The molecule has 0 bridgehead atoms. The summed E-state index contributed by atoms with van der Waals surface area (Å²) in [5.41, 5.74) is 4.80. The number of thiophene rings is 1. The van der Waals surface area contributed by atoms with Gasteiger partial charge >= 0.3 is 12.0 Å². The molecular weight excluding hydrogens is 767 g/mol. The van der Waals surface area contributed by atoms with Crippen molar-refractivity contribution in [2.45, 2.75) is 56.8 Å². The molecule has 0 spiro atoms. The van der Waals surface area contributed by atoms with Crippen molar-refractivity contribution < 1.29 is 31.5 Å². The fourth-order valence-electron chi connectivity index (χ4n) is 8.54. The zero-order chi connectivity index (χ0) is 38.9. The lowest BCUT2D eigenvalue weighted by molar-refractivity contribution is 0.0503. The van der Waals surface area contributed by atoms with Crippen molar-refractivity contribution in [1.29, 1.82) is 5.26 Å². The van der Waals surface area contributed by atoms with E-state index in [1.165, 1.54) is 17.0 Å². The summed E-state index contributed by atoms with van der Waals surface area (Å²) >= 11 is 7.73. The quantitative estimate of drug-likeness (QED) is 0.152. The largest absolute Gasteiger partial charge is 0.461 e. The third-order valence-electron chi connectivity index (χ3n) is 11.1. The number of halogens is 6. The molecule has 3 fully saturated rings. The molecule has 288 valence electrons. The summed E-state index contributed by atoms with van der Waals surface area (Å²) in [6, 6.07) is 4.98. The molecule has 55 heavy (non-hydrogen) atoms. The number of aromatic nitrogens is 5. The van der Waals surface area contributed by atoms with Crippen molar-refractivity contribution in [3.05, 3.63) is 52.3 Å². The van der Waals surface area contributed by atoms with Crippen molar-refractivity contribution in [3.63, 3.8) is 0 Å². The van der Waals surface area contributed by atoms with Gasteiger partial charge in [0, 0.05) is 61.4 Å². The van der Waals surface area contributed by atoms with Crippen molar-refractivity contribution in [2.24, 2.45) is 5.92 Å². The van der Waals surface area contributed by atoms with Crippen LogP contribution >= 0.6 is 22.9 Å². The van der Waals surface area contributed by atoms with Crippen molar-refractivity contribution >= 4 is 60.8 Å². The zero-order valence-corrected chi connectivity index (χ0v) is 31.1. The van der Waals surface area contributed by atoms with Crippen LogP contribution in [0.2, 0.25) is 5.02 Å². The van der Waals surface area contributed by atoms with E-state index in [-0.39, 0.29) is 84.6 Å². The number of nitrogens with two attached hydrogens (primary N) is 1. The fraction of sp³-hybridized carbons (Fsp3) is 0.444. The van der Waals surface area contributed by atoms with Crippen molar-refractivity contribution in [2.75, 3.05) is 50.5 Å². The Morgan fingerprint density at radius 1 is 1.27 bits per heavy atom. The standard InChI is InChI=1S/C36H34ClF5N10O2S/c1-3-25-17(13-51(25)35(53)52-15-24(31(41)42)47-48-52)12-49(2)33-20-9-22(37)27(19-5-6-23(39)30-26(19)21(11-43)32(44)55-30)28(40)29(20)45-34(46-33)54-16-36-7-4-8-50(36)14-18(38)10-36/h5-6,9,15,17-18,25,31H,3-4,7-8,10,12-14,16,44H2,1-2H3/t17?,18-,25?,36+/m1/s1. The summed E-state index contributed by atoms with van der Waals surface area (Å²) in [6.07, 6.45) is -0.521. The van der Waals surface area contributed by atoms with E-state index >= 15 is 4.39 Å². The first-order valence-corrected chi connectivity index (χ1v) is 18.9. The summed E-state index contributed by atoms with van der Waals surface area (Å²) in [6.45, 7) is 3.61. The maximum atomic E-state index is 17.1. The summed E-state index contributed by atoms with van der Waals surface area (Å²) in [5.74, 6) is -1.33. The summed E-state index contributed by atoms with van der Waals surface area (Å²) in [7, 11) is 1.74. The maximum Gasteiger partial charge on any atom is 0.346 e. The van der Waals surface area contributed by atoms with Gasteiger partial charge in [-0.1, -0.05) is 29.8 Å². The van der Waals surface area contributed by atoms with Gasteiger partial charge in [0.1, 0.15) is 46.7 Å². The Bertz CT molecular complexity index is 2390. The highest BCUT2D eigenvalue weighted by atomic mass is 35.5. The number of rotatable bonds is 9. The first-order valence-electron chi connectivity index (χ1n) is 17.7. The second kappa shape index (κ2) is 14.0. The lowest BCUT2D eigenvalue weighted by Gasteiger charge is -2.48. The van der Waals surface area contributed by atoms with Gasteiger partial charge in [-0.25, -0.2) is 26.7 Å². The Morgan fingerprint density at radius 3 is 2.80 bits per heavy atom. The Labute approximate surface area is 320 Å². The Balaban J connectivity index is 1.17. The molecule has 0 radical (unpaired) electrons. The third kappa shape index (κ3) is 6.16. The number of nitriles is 1. The number of benzene rings is 2. The molecule has 3 aliphatic rings. The fourth-order valence-corrected chi connectivity index (χ4v) is 9.78. The van der Waals surface area contributed by atoms with E-state index in [0.717, 1.165) is 47.7 Å². The number of fused-ring (bicyclic) bond motifs is 3. The molecule has 0 saturated carbocycles. The van der Waals surface area contributed by atoms with Gasteiger partial charge in [-0.05, 0) is 43.5 Å². The van der Waals surface area contributed by atoms with Crippen LogP contribution < -0.4 is 15.4 Å². The number of alkyl halides is 3. The number of anilines is 2. The molecule has 2 aromatic carbocycles.